The third-order valence-corrected chi connectivity index (χ3v) is 5.54. The number of nitrogens with one attached hydrogen (secondary N) is 3. The first-order valence-corrected chi connectivity index (χ1v) is 10.6. The molecule has 0 saturated carbocycles. The number of hydrogen-bond donors (Lipinski definition) is 6. The molecule has 0 unspecified atom stereocenters. The van der Waals surface area contributed by atoms with Crippen molar-refractivity contribution in [2.75, 3.05) is 0 Å². The minimum atomic E-state index is -1.29. The number of H-pyrrole nitrogens is 1. The molecule has 174 valence electrons. The number of carboxylic acids is 1. The van der Waals surface area contributed by atoms with Crippen molar-refractivity contribution in [3.05, 3.63) is 36.0 Å². The second kappa shape index (κ2) is 11.3. The Morgan fingerprint density at radius 1 is 1.12 bits per heavy atom. The average Bonchev–Trinajstić information content (AvgIpc) is 3.16. The predicted molar refractivity (Wildman–Crippen MR) is 119 cm³/mol. The van der Waals surface area contributed by atoms with E-state index in [1.807, 2.05) is 31.2 Å². The summed E-state index contributed by atoms with van der Waals surface area (Å²) in [6.07, 6.45) is 2.30. The SMILES string of the molecule is CC[C@H](C)[C@H](NC(=O)[C@@H](N)Cc1c[nH]c2ccccc12)C(=O)N[C@@H](CCC(N)=O)C(=O)O. The number of aromatic amines is 1. The molecule has 8 N–H and O–H groups in total. The monoisotopic (exact) mass is 445 g/mol. The molecule has 2 rings (SSSR count). The lowest BCUT2D eigenvalue weighted by Crippen LogP contribution is -2.57. The van der Waals surface area contributed by atoms with Gasteiger partial charge in [0.15, 0.2) is 0 Å². The first-order valence-electron chi connectivity index (χ1n) is 10.6. The fourth-order valence-corrected chi connectivity index (χ4v) is 3.40. The van der Waals surface area contributed by atoms with E-state index >= 15 is 0 Å². The standard InChI is InChI=1S/C22H31N5O5/c1-3-12(2)19(21(30)26-17(22(31)32)8-9-18(24)28)27-20(29)15(23)10-13-11-25-16-7-5-4-6-14(13)16/h4-7,11-12,15,17,19,25H,3,8-10,23H2,1-2H3,(H2,24,28)(H,26,30)(H,27,29)(H,31,32)/t12-,15-,17-,19-/m0/s1. The van der Waals surface area contributed by atoms with Gasteiger partial charge in [-0.3, -0.25) is 14.4 Å². The largest absolute Gasteiger partial charge is 0.480 e. The first kappa shape index (κ1) is 24.9. The lowest BCUT2D eigenvalue weighted by atomic mass is 9.96. The summed E-state index contributed by atoms with van der Waals surface area (Å²) in [6, 6.07) is 4.47. The van der Waals surface area contributed by atoms with Crippen molar-refractivity contribution in [1.82, 2.24) is 15.6 Å². The maximum absolute atomic E-state index is 12.8. The summed E-state index contributed by atoms with van der Waals surface area (Å²) >= 11 is 0. The molecular weight excluding hydrogens is 414 g/mol. The highest BCUT2D eigenvalue weighted by Gasteiger charge is 2.31. The van der Waals surface area contributed by atoms with Crippen LogP contribution in [0.3, 0.4) is 0 Å². The molecule has 0 radical (unpaired) electrons. The van der Waals surface area contributed by atoms with Crippen LogP contribution in [0.4, 0.5) is 0 Å². The third kappa shape index (κ3) is 6.55. The predicted octanol–water partition coefficient (Wildman–Crippen LogP) is 0.404. The Bertz CT molecular complexity index is 973. The van der Waals surface area contributed by atoms with E-state index in [1.165, 1.54) is 0 Å². The summed E-state index contributed by atoms with van der Waals surface area (Å²) in [5, 5.41) is 15.4. The van der Waals surface area contributed by atoms with Gasteiger partial charge in [-0.25, -0.2) is 4.79 Å². The molecule has 0 bridgehead atoms. The van der Waals surface area contributed by atoms with Crippen LogP contribution in [0.25, 0.3) is 10.9 Å². The van der Waals surface area contributed by atoms with Gasteiger partial charge < -0.3 is 32.2 Å². The van der Waals surface area contributed by atoms with Gasteiger partial charge in [0.2, 0.25) is 17.7 Å². The molecule has 0 aliphatic carbocycles. The Balaban J connectivity index is 2.07. The molecule has 0 saturated heterocycles. The van der Waals surface area contributed by atoms with Crippen molar-refractivity contribution in [2.45, 2.75) is 57.7 Å². The van der Waals surface area contributed by atoms with E-state index in [1.54, 1.807) is 13.1 Å². The quantitative estimate of drug-likeness (QED) is 0.275. The van der Waals surface area contributed by atoms with Gasteiger partial charge in [-0.2, -0.15) is 0 Å². The number of nitrogens with two attached hydrogens (primary N) is 2. The van der Waals surface area contributed by atoms with Crippen LogP contribution in [-0.4, -0.2) is 51.9 Å². The Kier molecular flexibility index (Phi) is 8.77. The number of aliphatic carboxylic acids is 1. The normalized spacial score (nSPS) is 14.8. The molecule has 1 aromatic heterocycles. The summed E-state index contributed by atoms with van der Waals surface area (Å²) in [5.74, 6) is -3.39. The molecule has 3 amide bonds. The van der Waals surface area contributed by atoms with Gasteiger partial charge in [0.1, 0.15) is 12.1 Å². The molecule has 10 nitrogen and oxygen atoms in total. The minimum absolute atomic E-state index is 0.141. The minimum Gasteiger partial charge on any atom is -0.480 e. The van der Waals surface area contributed by atoms with E-state index in [0.717, 1.165) is 16.5 Å². The van der Waals surface area contributed by atoms with Crippen LogP contribution in [0.2, 0.25) is 0 Å². The van der Waals surface area contributed by atoms with Gasteiger partial charge >= 0.3 is 5.97 Å². The Morgan fingerprint density at radius 2 is 1.81 bits per heavy atom. The van der Waals surface area contributed by atoms with E-state index in [9.17, 15) is 24.3 Å². The Labute approximate surface area is 186 Å². The fourth-order valence-electron chi connectivity index (χ4n) is 3.40. The number of para-hydroxylation sites is 1. The zero-order valence-electron chi connectivity index (χ0n) is 18.3. The first-order chi connectivity index (χ1) is 15.1. The maximum Gasteiger partial charge on any atom is 0.326 e. The molecule has 1 heterocycles. The summed E-state index contributed by atoms with van der Waals surface area (Å²) in [7, 11) is 0. The van der Waals surface area contributed by atoms with E-state index in [2.05, 4.69) is 15.6 Å². The highest BCUT2D eigenvalue weighted by atomic mass is 16.4. The number of carbonyl (C=O) groups is 4. The number of primary amides is 1. The molecule has 32 heavy (non-hydrogen) atoms. The number of rotatable bonds is 12. The lowest BCUT2D eigenvalue weighted by molar-refractivity contribution is -0.142. The molecule has 1 aromatic carbocycles. The molecular formula is C22H31N5O5. The van der Waals surface area contributed by atoms with Gasteiger partial charge in [-0.15, -0.1) is 0 Å². The molecule has 0 spiro atoms. The van der Waals surface area contributed by atoms with Crippen LogP contribution in [-0.2, 0) is 25.6 Å². The fraction of sp³-hybridized carbons (Fsp3) is 0.455. The molecule has 0 fully saturated rings. The van der Waals surface area contributed by atoms with Gasteiger partial charge in [0.05, 0.1) is 6.04 Å². The average molecular weight is 446 g/mol. The van der Waals surface area contributed by atoms with Gasteiger partial charge in [-0.1, -0.05) is 38.5 Å². The number of aromatic nitrogens is 1. The number of fused-ring (bicyclic) bond motifs is 1. The van der Waals surface area contributed by atoms with Crippen molar-refractivity contribution in [3.8, 4) is 0 Å². The smallest absolute Gasteiger partial charge is 0.326 e. The van der Waals surface area contributed by atoms with E-state index in [4.69, 9.17) is 11.5 Å². The van der Waals surface area contributed by atoms with Crippen molar-refractivity contribution in [1.29, 1.82) is 0 Å². The molecule has 4 atom stereocenters. The maximum atomic E-state index is 12.8. The van der Waals surface area contributed by atoms with Crippen molar-refractivity contribution in [3.63, 3.8) is 0 Å². The zero-order chi connectivity index (χ0) is 23.8. The summed E-state index contributed by atoms with van der Waals surface area (Å²) < 4.78 is 0. The van der Waals surface area contributed by atoms with Crippen LogP contribution in [0, 0.1) is 5.92 Å². The zero-order valence-corrected chi connectivity index (χ0v) is 18.3. The van der Waals surface area contributed by atoms with Crippen LogP contribution in [0.1, 0.15) is 38.7 Å². The van der Waals surface area contributed by atoms with Gasteiger partial charge in [0.25, 0.3) is 0 Å². The number of amides is 3. The topological polar surface area (TPSA) is 180 Å². The lowest BCUT2D eigenvalue weighted by Gasteiger charge is -2.26. The number of benzene rings is 1. The van der Waals surface area contributed by atoms with Crippen molar-refractivity contribution in [2.24, 2.45) is 17.4 Å². The van der Waals surface area contributed by atoms with Gasteiger partial charge in [0, 0.05) is 23.5 Å². The highest BCUT2D eigenvalue weighted by molar-refractivity contribution is 5.92. The van der Waals surface area contributed by atoms with Crippen LogP contribution < -0.4 is 22.1 Å². The van der Waals surface area contributed by atoms with E-state index in [0.29, 0.717) is 6.42 Å². The summed E-state index contributed by atoms with van der Waals surface area (Å²) in [4.78, 5) is 51.1. The Morgan fingerprint density at radius 3 is 2.44 bits per heavy atom. The van der Waals surface area contributed by atoms with Crippen molar-refractivity contribution >= 4 is 34.6 Å². The summed E-state index contributed by atoms with van der Waals surface area (Å²) in [5.41, 5.74) is 13.0. The van der Waals surface area contributed by atoms with Crippen molar-refractivity contribution < 1.29 is 24.3 Å². The van der Waals surface area contributed by atoms with Crippen LogP contribution in [0.5, 0.6) is 0 Å². The van der Waals surface area contributed by atoms with Crippen LogP contribution >= 0.6 is 0 Å². The van der Waals surface area contributed by atoms with E-state index < -0.39 is 41.8 Å². The van der Waals surface area contributed by atoms with Crippen LogP contribution in [0.15, 0.2) is 30.5 Å². The molecule has 0 aliphatic rings. The van der Waals surface area contributed by atoms with Gasteiger partial charge in [-0.05, 0) is 30.4 Å². The number of hydrogen-bond acceptors (Lipinski definition) is 5. The number of carbonyl (C=O) groups excluding carboxylic acids is 3. The Hall–Kier alpha value is -3.40. The third-order valence-electron chi connectivity index (χ3n) is 5.54. The summed E-state index contributed by atoms with van der Waals surface area (Å²) in [6.45, 7) is 3.62. The highest BCUT2D eigenvalue weighted by Crippen LogP contribution is 2.19. The van der Waals surface area contributed by atoms with E-state index in [-0.39, 0.29) is 25.2 Å². The second-order valence-electron chi connectivity index (χ2n) is 7.95. The number of carboxylic acid groups (broad SMARTS) is 1. The molecule has 2 aromatic rings. The molecule has 0 aliphatic heterocycles. The molecule has 10 heteroatoms. The second-order valence-corrected chi connectivity index (χ2v) is 7.95.